The van der Waals surface area contributed by atoms with E-state index in [4.69, 9.17) is 4.74 Å². The Labute approximate surface area is 132 Å². The highest BCUT2D eigenvalue weighted by molar-refractivity contribution is 9.10. The van der Waals surface area contributed by atoms with Crippen molar-refractivity contribution in [3.63, 3.8) is 0 Å². The predicted octanol–water partition coefficient (Wildman–Crippen LogP) is 3.59. The van der Waals surface area contributed by atoms with Crippen molar-refractivity contribution in [3.8, 4) is 5.88 Å². The van der Waals surface area contributed by atoms with Crippen molar-refractivity contribution in [2.24, 2.45) is 0 Å². The average Bonchev–Trinajstić information content (AvgIpc) is 3.04. The Morgan fingerprint density at radius 1 is 1.19 bits per heavy atom. The Kier molecular flexibility index (Phi) is 4.24. The maximum Gasteiger partial charge on any atom is 0.232 e. The van der Waals surface area contributed by atoms with Crippen LogP contribution in [0, 0.1) is 0 Å². The first-order valence-corrected chi connectivity index (χ1v) is 7.74. The molecule has 2 aromatic rings. The minimum atomic E-state index is 0.515. The number of nitrogens with one attached hydrogen (secondary N) is 1. The van der Waals surface area contributed by atoms with Crippen LogP contribution in [0.15, 0.2) is 34.9 Å². The number of methoxy groups -OCH3 is 1. The molecule has 6 heteroatoms. The summed E-state index contributed by atoms with van der Waals surface area (Å²) >= 11 is 3.34. The lowest BCUT2D eigenvalue weighted by Crippen LogP contribution is -2.17. The van der Waals surface area contributed by atoms with E-state index >= 15 is 0 Å². The Hall–Kier alpha value is -1.82. The van der Waals surface area contributed by atoms with Gasteiger partial charge >= 0.3 is 0 Å². The number of hydrogen-bond donors (Lipinski definition) is 1. The first kappa shape index (κ1) is 14.1. The van der Waals surface area contributed by atoms with Crippen molar-refractivity contribution in [2.75, 3.05) is 30.4 Å². The molecule has 0 bridgehead atoms. The summed E-state index contributed by atoms with van der Waals surface area (Å²) in [7, 11) is 1.59. The van der Waals surface area contributed by atoms with Gasteiger partial charge < -0.3 is 15.0 Å². The van der Waals surface area contributed by atoms with Crippen LogP contribution >= 0.6 is 15.9 Å². The number of ether oxygens (including phenoxy) is 1. The minimum Gasteiger partial charge on any atom is -0.480 e. The molecule has 110 valence electrons. The molecule has 1 saturated heterocycles. The number of halogens is 1. The lowest BCUT2D eigenvalue weighted by molar-refractivity contribution is 0.394. The Morgan fingerprint density at radius 3 is 2.57 bits per heavy atom. The summed E-state index contributed by atoms with van der Waals surface area (Å²) in [5.74, 6) is 1.03. The smallest absolute Gasteiger partial charge is 0.232 e. The Bertz CT molecular complexity index is 612. The van der Waals surface area contributed by atoms with E-state index in [9.17, 15) is 0 Å². The molecule has 21 heavy (non-hydrogen) atoms. The summed E-state index contributed by atoms with van der Waals surface area (Å²) in [4.78, 5) is 10.9. The van der Waals surface area contributed by atoms with Gasteiger partial charge in [0.05, 0.1) is 17.8 Å². The van der Waals surface area contributed by atoms with Gasteiger partial charge in [-0.25, -0.2) is 4.98 Å². The van der Waals surface area contributed by atoms with Crippen molar-refractivity contribution < 1.29 is 4.74 Å². The molecular formula is C15H17BrN4O. The monoisotopic (exact) mass is 348 g/mol. The first-order valence-electron chi connectivity index (χ1n) is 6.95. The standard InChI is InChI=1S/C15H17BrN4O/c1-21-14-13(16)10-17-15(19-14)18-11-4-6-12(7-5-11)20-8-2-3-9-20/h4-7,10H,2-3,8-9H2,1H3,(H,17,18,19). The van der Waals surface area contributed by atoms with Gasteiger partial charge in [0.15, 0.2) is 0 Å². The van der Waals surface area contributed by atoms with Gasteiger partial charge in [-0.05, 0) is 53.0 Å². The Morgan fingerprint density at radius 2 is 1.90 bits per heavy atom. The minimum absolute atomic E-state index is 0.515. The molecule has 1 fully saturated rings. The van der Waals surface area contributed by atoms with Crippen molar-refractivity contribution >= 4 is 33.3 Å². The number of hydrogen-bond acceptors (Lipinski definition) is 5. The number of aromatic nitrogens is 2. The van der Waals surface area contributed by atoms with Crippen LogP contribution in [-0.2, 0) is 0 Å². The van der Waals surface area contributed by atoms with Crippen LogP contribution in [0.4, 0.5) is 17.3 Å². The SMILES string of the molecule is COc1nc(Nc2ccc(N3CCCC3)cc2)ncc1Br. The molecule has 5 nitrogen and oxygen atoms in total. The summed E-state index contributed by atoms with van der Waals surface area (Å²) in [6, 6.07) is 8.35. The highest BCUT2D eigenvalue weighted by Crippen LogP contribution is 2.25. The topological polar surface area (TPSA) is 50.3 Å². The fourth-order valence-electron chi connectivity index (χ4n) is 2.41. The fraction of sp³-hybridized carbons (Fsp3) is 0.333. The maximum absolute atomic E-state index is 5.17. The van der Waals surface area contributed by atoms with Gasteiger partial charge in [0.2, 0.25) is 11.8 Å². The number of nitrogens with zero attached hydrogens (tertiary/aromatic N) is 3. The highest BCUT2D eigenvalue weighted by atomic mass is 79.9. The van der Waals surface area contributed by atoms with Gasteiger partial charge in [0.1, 0.15) is 0 Å². The Balaban J connectivity index is 1.72. The van der Waals surface area contributed by atoms with Crippen molar-refractivity contribution in [3.05, 3.63) is 34.9 Å². The lowest BCUT2D eigenvalue weighted by atomic mass is 10.2. The van der Waals surface area contributed by atoms with E-state index in [1.807, 2.05) is 12.1 Å². The van der Waals surface area contributed by atoms with Crippen LogP contribution in [0.25, 0.3) is 0 Å². The van der Waals surface area contributed by atoms with E-state index in [1.54, 1.807) is 13.3 Å². The molecule has 2 heterocycles. The molecule has 0 spiro atoms. The average molecular weight is 349 g/mol. The second-order valence-electron chi connectivity index (χ2n) is 4.92. The van der Waals surface area contributed by atoms with Crippen LogP contribution in [0.5, 0.6) is 5.88 Å². The maximum atomic E-state index is 5.17. The van der Waals surface area contributed by atoms with Gasteiger partial charge in [0, 0.05) is 24.5 Å². The van der Waals surface area contributed by atoms with Gasteiger partial charge in [-0.2, -0.15) is 4.98 Å². The molecular weight excluding hydrogens is 332 g/mol. The van der Waals surface area contributed by atoms with E-state index in [-0.39, 0.29) is 0 Å². The zero-order valence-corrected chi connectivity index (χ0v) is 13.4. The van der Waals surface area contributed by atoms with E-state index in [2.05, 4.69) is 48.2 Å². The fourth-order valence-corrected chi connectivity index (χ4v) is 2.77. The molecule has 0 radical (unpaired) electrons. The predicted molar refractivity (Wildman–Crippen MR) is 87.5 cm³/mol. The zero-order chi connectivity index (χ0) is 14.7. The zero-order valence-electron chi connectivity index (χ0n) is 11.8. The molecule has 1 aliphatic heterocycles. The van der Waals surface area contributed by atoms with Crippen LogP contribution in [0.3, 0.4) is 0 Å². The summed E-state index contributed by atoms with van der Waals surface area (Å²) in [6.45, 7) is 2.31. The van der Waals surface area contributed by atoms with Crippen LogP contribution < -0.4 is 15.0 Å². The molecule has 1 aliphatic rings. The summed E-state index contributed by atoms with van der Waals surface area (Å²) in [5, 5.41) is 3.18. The largest absolute Gasteiger partial charge is 0.480 e. The van der Waals surface area contributed by atoms with Crippen LogP contribution in [-0.4, -0.2) is 30.2 Å². The third kappa shape index (κ3) is 3.26. The van der Waals surface area contributed by atoms with Crippen molar-refractivity contribution in [1.29, 1.82) is 0 Å². The van der Waals surface area contributed by atoms with Crippen molar-refractivity contribution in [2.45, 2.75) is 12.8 Å². The molecule has 1 aromatic heterocycles. The summed E-state index contributed by atoms with van der Waals surface area (Å²) < 4.78 is 5.90. The van der Waals surface area contributed by atoms with Gasteiger partial charge in [-0.15, -0.1) is 0 Å². The molecule has 1 N–H and O–H groups in total. The van der Waals surface area contributed by atoms with Gasteiger partial charge in [-0.1, -0.05) is 0 Å². The van der Waals surface area contributed by atoms with Crippen LogP contribution in [0.2, 0.25) is 0 Å². The number of benzene rings is 1. The molecule has 0 atom stereocenters. The molecule has 1 aromatic carbocycles. The van der Waals surface area contributed by atoms with Crippen LogP contribution in [0.1, 0.15) is 12.8 Å². The molecule has 3 rings (SSSR count). The molecule has 0 amide bonds. The van der Waals surface area contributed by atoms with E-state index in [1.165, 1.54) is 18.5 Å². The third-order valence-electron chi connectivity index (χ3n) is 3.50. The van der Waals surface area contributed by atoms with E-state index in [0.717, 1.165) is 23.2 Å². The molecule has 0 unspecified atom stereocenters. The van der Waals surface area contributed by atoms with Crippen molar-refractivity contribution in [1.82, 2.24) is 9.97 Å². The summed E-state index contributed by atoms with van der Waals surface area (Å²) in [6.07, 6.45) is 4.24. The van der Waals surface area contributed by atoms with Gasteiger partial charge in [0.25, 0.3) is 0 Å². The number of rotatable bonds is 4. The molecule has 0 saturated carbocycles. The number of anilines is 3. The quantitative estimate of drug-likeness (QED) is 0.914. The van der Waals surface area contributed by atoms with Gasteiger partial charge in [-0.3, -0.25) is 0 Å². The first-order chi connectivity index (χ1) is 10.3. The lowest BCUT2D eigenvalue weighted by Gasteiger charge is -2.17. The summed E-state index contributed by atoms with van der Waals surface area (Å²) in [5.41, 5.74) is 2.23. The van der Waals surface area contributed by atoms with E-state index in [0.29, 0.717) is 11.8 Å². The normalized spacial score (nSPS) is 14.3. The highest BCUT2D eigenvalue weighted by Gasteiger charge is 2.12. The van der Waals surface area contributed by atoms with E-state index < -0.39 is 0 Å². The third-order valence-corrected chi connectivity index (χ3v) is 4.04. The second kappa shape index (κ2) is 6.30. The second-order valence-corrected chi connectivity index (χ2v) is 5.77. The molecule has 0 aliphatic carbocycles.